The van der Waals surface area contributed by atoms with Crippen molar-refractivity contribution in [2.24, 2.45) is 0 Å². The van der Waals surface area contributed by atoms with Crippen LogP contribution in [0.25, 0.3) is 0 Å². The molecule has 3 nitrogen and oxygen atoms in total. The lowest BCUT2D eigenvalue weighted by Crippen LogP contribution is -2.47. The van der Waals surface area contributed by atoms with Crippen LogP contribution in [0.5, 0.6) is 0 Å². The molecule has 0 saturated carbocycles. The number of fused-ring (bicyclic) bond motifs is 2. The average molecular weight is 236 g/mol. The summed E-state index contributed by atoms with van der Waals surface area (Å²) in [6.07, 6.45) is 3.27. The van der Waals surface area contributed by atoms with E-state index in [0.717, 1.165) is 18.5 Å². The van der Waals surface area contributed by atoms with E-state index in [9.17, 15) is 9.50 Å². The van der Waals surface area contributed by atoms with E-state index in [1.54, 1.807) is 6.07 Å². The first-order chi connectivity index (χ1) is 8.07. The van der Waals surface area contributed by atoms with Gasteiger partial charge in [-0.2, -0.15) is 0 Å². The molecule has 1 aromatic rings. The maximum absolute atomic E-state index is 13.8. The Morgan fingerprint density at radius 2 is 2.00 bits per heavy atom. The van der Waals surface area contributed by atoms with Crippen molar-refractivity contribution in [2.45, 2.75) is 50.3 Å². The van der Waals surface area contributed by atoms with Crippen molar-refractivity contribution in [3.05, 3.63) is 29.3 Å². The summed E-state index contributed by atoms with van der Waals surface area (Å²) in [7, 11) is 0. The molecule has 1 aromatic heterocycles. The zero-order chi connectivity index (χ0) is 12.0. The fourth-order valence-corrected chi connectivity index (χ4v) is 3.18. The highest BCUT2D eigenvalue weighted by Gasteiger charge is 2.45. The highest BCUT2D eigenvalue weighted by atomic mass is 19.1. The van der Waals surface area contributed by atoms with Crippen molar-refractivity contribution >= 4 is 0 Å². The van der Waals surface area contributed by atoms with Crippen LogP contribution in [0.4, 0.5) is 4.39 Å². The molecule has 2 aliphatic rings. The minimum absolute atomic E-state index is 0.232. The predicted octanol–water partition coefficient (Wildman–Crippen LogP) is 1.63. The molecule has 2 bridgehead atoms. The van der Waals surface area contributed by atoms with Crippen molar-refractivity contribution in [1.82, 2.24) is 10.3 Å². The van der Waals surface area contributed by atoms with Crippen LogP contribution in [0.2, 0.25) is 0 Å². The van der Waals surface area contributed by atoms with Gasteiger partial charge < -0.3 is 10.4 Å². The second-order valence-corrected chi connectivity index (χ2v) is 5.36. The Balaban J connectivity index is 1.99. The van der Waals surface area contributed by atoms with Crippen LogP contribution in [0.3, 0.4) is 0 Å². The summed E-state index contributed by atoms with van der Waals surface area (Å²) in [4.78, 5) is 4.21. The molecule has 2 aliphatic heterocycles. The van der Waals surface area contributed by atoms with Gasteiger partial charge in [0.05, 0.1) is 0 Å². The van der Waals surface area contributed by atoms with Crippen LogP contribution in [-0.4, -0.2) is 22.2 Å². The van der Waals surface area contributed by atoms with Gasteiger partial charge in [0.25, 0.3) is 0 Å². The highest BCUT2D eigenvalue weighted by Crippen LogP contribution is 2.40. The lowest BCUT2D eigenvalue weighted by atomic mass is 9.84. The molecule has 92 valence electrons. The van der Waals surface area contributed by atoms with Crippen LogP contribution in [0.1, 0.15) is 37.1 Å². The predicted molar refractivity (Wildman–Crippen MR) is 62.0 cm³/mol. The molecule has 3 heterocycles. The Labute approximate surface area is 100 Å². The Hall–Kier alpha value is -1.00. The quantitative estimate of drug-likeness (QED) is 0.779. The number of hydrogen-bond acceptors (Lipinski definition) is 3. The number of piperidine rings is 1. The number of aromatic nitrogens is 1. The van der Waals surface area contributed by atoms with Gasteiger partial charge in [-0.3, -0.25) is 4.98 Å². The number of nitrogens with zero attached hydrogens (tertiary/aromatic N) is 1. The molecule has 0 aliphatic carbocycles. The van der Waals surface area contributed by atoms with Gasteiger partial charge in [-0.1, -0.05) is 0 Å². The third kappa shape index (κ3) is 1.85. The molecule has 0 aromatic carbocycles. The summed E-state index contributed by atoms with van der Waals surface area (Å²) >= 11 is 0. The first-order valence-electron chi connectivity index (χ1n) is 6.19. The fraction of sp³-hybridized carbons (Fsp3) is 0.615. The molecule has 2 N–H and O–H groups in total. The lowest BCUT2D eigenvalue weighted by molar-refractivity contribution is -0.0185. The summed E-state index contributed by atoms with van der Waals surface area (Å²) in [5.74, 6) is -0.389. The van der Waals surface area contributed by atoms with Gasteiger partial charge in [-0.25, -0.2) is 4.39 Å². The number of pyridine rings is 1. The van der Waals surface area contributed by atoms with E-state index in [2.05, 4.69) is 10.3 Å². The molecule has 2 atom stereocenters. The largest absolute Gasteiger partial charge is 0.383 e. The Bertz CT molecular complexity index is 437. The average Bonchev–Trinajstić information content (AvgIpc) is 2.62. The van der Waals surface area contributed by atoms with E-state index in [1.165, 1.54) is 6.07 Å². The van der Waals surface area contributed by atoms with Gasteiger partial charge in [0, 0.05) is 17.8 Å². The topological polar surface area (TPSA) is 45.1 Å². The van der Waals surface area contributed by atoms with Crippen molar-refractivity contribution in [2.75, 3.05) is 0 Å². The van der Waals surface area contributed by atoms with E-state index < -0.39 is 5.60 Å². The van der Waals surface area contributed by atoms with Crippen molar-refractivity contribution in [1.29, 1.82) is 0 Å². The second-order valence-electron chi connectivity index (χ2n) is 5.36. The highest BCUT2D eigenvalue weighted by molar-refractivity contribution is 5.21. The van der Waals surface area contributed by atoms with Crippen LogP contribution in [-0.2, 0) is 5.60 Å². The smallest absolute Gasteiger partial charge is 0.147 e. The molecule has 2 unspecified atom stereocenters. The van der Waals surface area contributed by atoms with Gasteiger partial charge in [0.2, 0.25) is 0 Å². The third-order valence-electron chi connectivity index (χ3n) is 3.93. The number of hydrogen-bond donors (Lipinski definition) is 2. The Morgan fingerprint density at radius 1 is 1.35 bits per heavy atom. The number of halogens is 1. The molecule has 17 heavy (non-hydrogen) atoms. The van der Waals surface area contributed by atoms with Crippen LogP contribution >= 0.6 is 0 Å². The van der Waals surface area contributed by atoms with Crippen molar-refractivity contribution in [3.63, 3.8) is 0 Å². The standard InChI is InChI=1S/C13H17FN2O/c1-8-2-5-11(14)12(15-8)13(17)6-9-3-4-10(7-13)16-9/h2,5,9-10,16-17H,3-4,6-7H2,1H3. The Morgan fingerprint density at radius 3 is 2.65 bits per heavy atom. The Kier molecular flexibility index (Phi) is 2.45. The monoisotopic (exact) mass is 236 g/mol. The van der Waals surface area contributed by atoms with Crippen LogP contribution in [0, 0.1) is 12.7 Å². The first kappa shape index (κ1) is 11.1. The van der Waals surface area contributed by atoms with E-state index in [1.807, 2.05) is 6.92 Å². The SMILES string of the molecule is Cc1ccc(F)c(C2(O)CC3CCC(C2)N3)n1. The molecular weight excluding hydrogens is 219 g/mol. The third-order valence-corrected chi connectivity index (χ3v) is 3.93. The second kappa shape index (κ2) is 3.75. The fourth-order valence-electron chi connectivity index (χ4n) is 3.18. The summed E-state index contributed by atoms with van der Waals surface area (Å²) in [6.45, 7) is 1.82. The summed E-state index contributed by atoms with van der Waals surface area (Å²) in [6, 6.07) is 3.65. The molecule has 0 amide bonds. The van der Waals surface area contributed by atoms with Crippen molar-refractivity contribution in [3.8, 4) is 0 Å². The normalized spacial score (nSPS) is 36.2. The minimum atomic E-state index is -1.09. The maximum atomic E-state index is 13.8. The van der Waals surface area contributed by atoms with E-state index in [4.69, 9.17) is 0 Å². The maximum Gasteiger partial charge on any atom is 0.147 e. The number of rotatable bonds is 1. The van der Waals surface area contributed by atoms with Gasteiger partial charge in [-0.15, -0.1) is 0 Å². The number of aliphatic hydroxyl groups is 1. The van der Waals surface area contributed by atoms with Gasteiger partial charge in [0.15, 0.2) is 0 Å². The van der Waals surface area contributed by atoms with Gasteiger partial charge >= 0.3 is 0 Å². The molecule has 4 heteroatoms. The summed E-state index contributed by atoms with van der Waals surface area (Å²) in [5, 5.41) is 14.1. The molecule has 2 fully saturated rings. The van der Waals surface area contributed by atoms with Crippen molar-refractivity contribution < 1.29 is 9.50 Å². The number of nitrogens with one attached hydrogen (secondary N) is 1. The van der Waals surface area contributed by atoms with E-state index in [-0.39, 0.29) is 11.5 Å². The zero-order valence-electron chi connectivity index (χ0n) is 9.91. The summed E-state index contributed by atoms with van der Waals surface area (Å²) in [5.41, 5.74) is -0.107. The summed E-state index contributed by atoms with van der Waals surface area (Å²) < 4.78 is 13.8. The van der Waals surface area contributed by atoms with E-state index >= 15 is 0 Å². The van der Waals surface area contributed by atoms with Crippen LogP contribution in [0.15, 0.2) is 12.1 Å². The minimum Gasteiger partial charge on any atom is -0.383 e. The lowest BCUT2D eigenvalue weighted by Gasteiger charge is -2.36. The number of aryl methyl sites for hydroxylation is 1. The molecule has 0 radical (unpaired) electrons. The van der Waals surface area contributed by atoms with E-state index in [0.29, 0.717) is 24.9 Å². The first-order valence-corrected chi connectivity index (χ1v) is 6.19. The molecule has 3 rings (SSSR count). The van der Waals surface area contributed by atoms with Crippen LogP contribution < -0.4 is 5.32 Å². The zero-order valence-corrected chi connectivity index (χ0v) is 9.91. The van der Waals surface area contributed by atoms with Gasteiger partial charge in [0.1, 0.15) is 17.1 Å². The van der Waals surface area contributed by atoms with Gasteiger partial charge in [-0.05, 0) is 44.7 Å². The molecule has 2 saturated heterocycles. The molecule has 0 spiro atoms. The molecular formula is C13H17FN2O.